The van der Waals surface area contributed by atoms with Gasteiger partial charge in [0.25, 0.3) is 0 Å². The van der Waals surface area contributed by atoms with Crippen molar-refractivity contribution in [3.05, 3.63) is 54.9 Å². The maximum atomic E-state index is 13.2. The molecule has 0 amide bonds. The molecule has 0 saturated heterocycles. The Bertz CT molecular complexity index is 575. The molecule has 1 aromatic heterocycles. The minimum atomic E-state index is -0.579. The lowest BCUT2D eigenvalue weighted by Gasteiger charge is -2.01. The Morgan fingerprint density at radius 3 is 2.76 bits per heavy atom. The Balaban J connectivity index is 2.47. The van der Waals surface area contributed by atoms with Crippen LogP contribution in [0.2, 0.25) is 5.02 Å². The first-order chi connectivity index (χ1) is 8.00. The van der Waals surface area contributed by atoms with Gasteiger partial charge in [-0.3, -0.25) is 4.79 Å². The van der Waals surface area contributed by atoms with Crippen molar-refractivity contribution in [1.29, 1.82) is 0 Å². The molecular formula is C12H7BrClFOS. The number of benzene rings is 1. The summed E-state index contributed by atoms with van der Waals surface area (Å²) < 4.78 is 14.1. The Morgan fingerprint density at radius 1 is 1.47 bits per heavy atom. The average Bonchev–Trinajstić information content (AvgIpc) is 2.62. The van der Waals surface area contributed by atoms with Crippen molar-refractivity contribution in [2.45, 2.75) is 6.92 Å². The van der Waals surface area contributed by atoms with Gasteiger partial charge in [0.15, 0.2) is 0 Å². The van der Waals surface area contributed by atoms with E-state index in [0.717, 1.165) is 9.35 Å². The van der Waals surface area contributed by atoms with Crippen LogP contribution in [0.3, 0.4) is 0 Å². The number of hydrogen-bond acceptors (Lipinski definition) is 2. The van der Waals surface area contributed by atoms with E-state index in [0.29, 0.717) is 4.88 Å². The van der Waals surface area contributed by atoms with Gasteiger partial charge in [-0.05, 0) is 41.1 Å². The Morgan fingerprint density at radius 2 is 2.18 bits per heavy atom. The second kappa shape index (κ2) is 4.88. The highest BCUT2D eigenvalue weighted by Crippen LogP contribution is 2.30. The molecule has 1 aromatic carbocycles. The zero-order valence-corrected chi connectivity index (χ0v) is 11.9. The predicted octanol–water partition coefficient (Wildman–Crippen LogP) is 4.84. The largest absolute Gasteiger partial charge is 0.288 e. The quantitative estimate of drug-likeness (QED) is 0.719. The second-order valence-electron chi connectivity index (χ2n) is 3.45. The Kier molecular flexibility index (Phi) is 3.66. The first kappa shape index (κ1) is 12.7. The highest BCUT2D eigenvalue weighted by Gasteiger charge is 2.17. The molecule has 0 saturated carbocycles. The van der Waals surface area contributed by atoms with Crippen LogP contribution in [0, 0.1) is 12.7 Å². The van der Waals surface area contributed by atoms with E-state index in [-0.39, 0.29) is 16.4 Å². The van der Waals surface area contributed by atoms with Crippen molar-refractivity contribution in [3.63, 3.8) is 0 Å². The zero-order valence-electron chi connectivity index (χ0n) is 8.76. The van der Waals surface area contributed by atoms with E-state index in [1.807, 2.05) is 6.92 Å². The Labute approximate surface area is 115 Å². The first-order valence-corrected chi connectivity index (χ1v) is 6.74. The molecule has 0 atom stereocenters. The van der Waals surface area contributed by atoms with Crippen molar-refractivity contribution in [2.75, 3.05) is 0 Å². The summed E-state index contributed by atoms with van der Waals surface area (Å²) >= 11 is 10.5. The molecule has 0 bridgehead atoms. The van der Waals surface area contributed by atoms with Crippen molar-refractivity contribution >= 4 is 44.7 Å². The van der Waals surface area contributed by atoms with Crippen LogP contribution in [0.4, 0.5) is 4.39 Å². The minimum Gasteiger partial charge on any atom is -0.288 e. The molecule has 0 aliphatic carbocycles. The molecule has 1 nitrogen and oxygen atoms in total. The fraction of sp³-hybridized carbons (Fsp3) is 0.0833. The molecule has 1 heterocycles. The van der Waals surface area contributed by atoms with Crippen LogP contribution in [0.15, 0.2) is 28.7 Å². The number of rotatable bonds is 2. The van der Waals surface area contributed by atoms with Gasteiger partial charge in [0.1, 0.15) is 5.82 Å². The number of thiophene rings is 1. The SMILES string of the molecule is Cc1sc(C(=O)c2cccc(F)c2Cl)cc1Br. The maximum Gasteiger partial charge on any atom is 0.204 e. The predicted molar refractivity (Wildman–Crippen MR) is 71.6 cm³/mol. The number of halogens is 3. The van der Waals surface area contributed by atoms with Gasteiger partial charge in [-0.1, -0.05) is 17.7 Å². The van der Waals surface area contributed by atoms with E-state index in [4.69, 9.17) is 11.6 Å². The van der Waals surface area contributed by atoms with E-state index in [1.54, 1.807) is 6.07 Å². The van der Waals surface area contributed by atoms with Crippen molar-refractivity contribution in [1.82, 2.24) is 0 Å². The van der Waals surface area contributed by atoms with Crippen LogP contribution in [-0.4, -0.2) is 5.78 Å². The summed E-state index contributed by atoms with van der Waals surface area (Å²) in [5.74, 6) is -0.835. The molecule has 0 fully saturated rings. The minimum absolute atomic E-state index is 0.125. The third-order valence-electron chi connectivity index (χ3n) is 2.28. The fourth-order valence-corrected chi connectivity index (χ4v) is 3.08. The molecule has 0 N–H and O–H groups in total. The summed E-state index contributed by atoms with van der Waals surface area (Å²) in [4.78, 5) is 13.7. The van der Waals surface area contributed by atoms with Gasteiger partial charge in [-0.2, -0.15) is 0 Å². The van der Waals surface area contributed by atoms with Crippen LogP contribution < -0.4 is 0 Å². The second-order valence-corrected chi connectivity index (χ2v) is 5.93. The number of carbonyl (C=O) groups is 1. The first-order valence-electron chi connectivity index (χ1n) is 4.75. The molecule has 0 radical (unpaired) electrons. The van der Waals surface area contributed by atoms with E-state index in [1.165, 1.54) is 29.5 Å². The molecule has 0 unspecified atom stereocenters. The van der Waals surface area contributed by atoms with Gasteiger partial charge >= 0.3 is 0 Å². The third kappa shape index (κ3) is 2.44. The molecule has 88 valence electrons. The van der Waals surface area contributed by atoms with Gasteiger partial charge in [-0.25, -0.2) is 4.39 Å². The van der Waals surface area contributed by atoms with Crippen LogP contribution in [0.1, 0.15) is 20.1 Å². The van der Waals surface area contributed by atoms with Gasteiger partial charge in [0.2, 0.25) is 5.78 Å². The summed E-state index contributed by atoms with van der Waals surface area (Å²) in [5.41, 5.74) is 0.195. The monoisotopic (exact) mass is 332 g/mol. The zero-order chi connectivity index (χ0) is 12.6. The molecule has 0 aliphatic rings. The normalized spacial score (nSPS) is 10.6. The van der Waals surface area contributed by atoms with Crippen molar-refractivity contribution in [3.8, 4) is 0 Å². The highest BCUT2D eigenvalue weighted by atomic mass is 79.9. The van der Waals surface area contributed by atoms with Crippen LogP contribution in [-0.2, 0) is 0 Å². The van der Waals surface area contributed by atoms with E-state index in [9.17, 15) is 9.18 Å². The van der Waals surface area contributed by atoms with Crippen LogP contribution in [0.5, 0.6) is 0 Å². The van der Waals surface area contributed by atoms with Crippen LogP contribution >= 0.6 is 38.9 Å². The lowest BCUT2D eigenvalue weighted by Crippen LogP contribution is -2.00. The Hall–Kier alpha value is -0.710. The lowest BCUT2D eigenvalue weighted by atomic mass is 10.1. The standard InChI is InChI=1S/C12H7BrClFOS/c1-6-8(13)5-10(17-6)12(16)7-3-2-4-9(15)11(7)14/h2-5H,1H3. The molecule has 2 rings (SSSR count). The average molecular weight is 334 g/mol. The number of hydrogen-bond donors (Lipinski definition) is 0. The highest BCUT2D eigenvalue weighted by molar-refractivity contribution is 9.10. The van der Waals surface area contributed by atoms with Gasteiger partial charge < -0.3 is 0 Å². The maximum absolute atomic E-state index is 13.2. The lowest BCUT2D eigenvalue weighted by molar-refractivity contribution is 0.104. The summed E-state index contributed by atoms with van der Waals surface area (Å²) in [7, 11) is 0. The summed E-state index contributed by atoms with van der Waals surface area (Å²) in [6.07, 6.45) is 0. The molecular weight excluding hydrogens is 327 g/mol. The molecule has 0 spiro atoms. The van der Waals surface area contributed by atoms with Crippen molar-refractivity contribution in [2.24, 2.45) is 0 Å². The fourth-order valence-electron chi connectivity index (χ4n) is 1.38. The molecule has 17 heavy (non-hydrogen) atoms. The summed E-state index contributed by atoms with van der Waals surface area (Å²) in [6.45, 7) is 1.90. The van der Waals surface area contributed by atoms with Gasteiger partial charge in [0.05, 0.1) is 9.90 Å². The molecule has 0 aliphatic heterocycles. The van der Waals surface area contributed by atoms with E-state index < -0.39 is 5.82 Å². The topological polar surface area (TPSA) is 17.1 Å². The third-order valence-corrected chi connectivity index (χ3v) is 4.80. The van der Waals surface area contributed by atoms with Crippen LogP contribution in [0.25, 0.3) is 0 Å². The van der Waals surface area contributed by atoms with E-state index in [2.05, 4.69) is 15.9 Å². The van der Waals surface area contributed by atoms with Gasteiger partial charge in [0, 0.05) is 14.9 Å². The summed E-state index contributed by atoms with van der Waals surface area (Å²) in [6, 6.07) is 5.96. The number of ketones is 1. The molecule has 5 heteroatoms. The molecule has 2 aromatic rings. The van der Waals surface area contributed by atoms with E-state index >= 15 is 0 Å². The summed E-state index contributed by atoms with van der Waals surface area (Å²) in [5, 5.41) is -0.125. The number of aryl methyl sites for hydroxylation is 1. The van der Waals surface area contributed by atoms with Gasteiger partial charge in [-0.15, -0.1) is 11.3 Å². The van der Waals surface area contributed by atoms with Crippen molar-refractivity contribution < 1.29 is 9.18 Å². The smallest absolute Gasteiger partial charge is 0.204 e. The number of carbonyl (C=O) groups excluding carboxylic acids is 1.